The van der Waals surface area contributed by atoms with Crippen molar-refractivity contribution < 1.29 is 9.12 Å². The van der Waals surface area contributed by atoms with Crippen LogP contribution in [0.3, 0.4) is 0 Å². The molecule has 0 fully saturated rings. The molecule has 2 rings (SSSR count). The molecule has 3 nitrogen and oxygen atoms in total. The summed E-state index contributed by atoms with van der Waals surface area (Å²) in [7, 11) is 0. The third-order valence-electron chi connectivity index (χ3n) is 2.76. The Balaban J connectivity index is 2.46. The maximum atomic E-state index is 11.0. The van der Waals surface area contributed by atoms with E-state index >= 15 is 0 Å². The number of aromatic nitrogens is 1. The van der Waals surface area contributed by atoms with Crippen molar-refractivity contribution in [2.45, 2.75) is 26.7 Å². The molecule has 1 aromatic rings. The first-order chi connectivity index (χ1) is 6.59. The van der Waals surface area contributed by atoms with E-state index in [1.165, 1.54) is 6.20 Å². The van der Waals surface area contributed by atoms with Gasteiger partial charge in [0.15, 0.2) is 0 Å². The lowest BCUT2D eigenvalue weighted by Gasteiger charge is -2.19. The van der Waals surface area contributed by atoms with Crippen molar-refractivity contribution in [3.8, 4) is 0 Å². The maximum absolute atomic E-state index is 11.0. The van der Waals surface area contributed by atoms with Gasteiger partial charge in [-0.05, 0) is 24.3 Å². The largest absolute Gasteiger partial charge is 0.282 e. The van der Waals surface area contributed by atoms with E-state index in [0.717, 1.165) is 18.4 Å². The summed E-state index contributed by atoms with van der Waals surface area (Å²) in [5.41, 5.74) is 1.26. The summed E-state index contributed by atoms with van der Waals surface area (Å²) in [5, 5.41) is 0. The first-order valence-corrected chi connectivity index (χ1v) is 4.83. The molecule has 3 heteroatoms. The molecular formula is C11H14NO2+. The van der Waals surface area contributed by atoms with Crippen LogP contribution in [-0.2, 0) is 0 Å². The van der Waals surface area contributed by atoms with Gasteiger partial charge in [-0.1, -0.05) is 19.9 Å². The number of hydrogen-bond donors (Lipinski definition) is 0. The standard InChI is InChI=1S/C11H14NO2/c1-11(2)7-3-5-9(11)10-6-4-8-12(13)14-10/h4-6,8H,3,7H2,1-2H3/q+1. The van der Waals surface area contributed by atoms with Crippen LogP contribution >= 0.6 is 0 Å². The smallest absolute Gasteiger partial charge is 0.185 e. The normalized spacial score (nSPS) is 19.4. The molecule has 0 bridgehead atoms. The van der Waals surface area contributed by atoms with Crippen LogP contribution in [-0.4, -0.2) is 0 Å². The Kier molecular flexibility index (Phi) is 2.02. The molecule has 0 unspecified atom stereocenters. The van der Waals surface area contributed by atoms with Gasteiger partial charge in [0.1, 0.15) is 0 Å². The third kappa shape index (κ3) is 1.50. The van der Waals surface area contributed by atoms with E-state index in [4.69, 9.17) is 4.52 Å². The molecule has 74 valence electrons. The molecule has 0 aromatic carbocycles. The van der Waals surface area contributed by atoms with Gasteiger partial charge in [-0.3, -0.25) is 0 Å². The van der Waals surface area contributed by atoms with Gasteiger partial charge >= 0.3 is 0 Å². The van der Waals surface area contributed by atoms with Gasteiger partial charge in [-0.2, -0.15) is 4.52 Å². The predicted molar refractivity (Wildman–Crippen MR) is 53.1 cm³/mol. The van der Waals surface area contributed by atoms with Gasteiger partial charge in [-0.15, -0.1) is 0 Å². The fraction of sp³-hybridized carbons (Fsp3) is 0.455. The molecule has 0 N–H and O–H groups in total. The van der Waals surface area contributed by atoms with Gasteiger partial charge in [0.05, 0.1) is 4.91 Å². The van der Waals surface area contributed by atoms with E-state index in [-0.39, 0.29) is 5.41 Å². The van der Waals surface area contributed by atoms with E-state index in [2.05, 4.69) is 19.9 Å². The lowest BCUT2D eigenvalue weighted by Crippen LogP contribution is -2.15. The topological polar surface area (TPSA) is 36.1 Å². The summed E-state index contributed by atoms with van der Waals surface area (Å²) >= 11 is 0. The molecule has 0 amide bonds. The summed E-state index contributed by atoms with van der Waals surface area (Å²) in [4.78, 5) is 11.0. The summed E-state index contributed by atoms with van der Waals surface area (Å²) in [5.74, 6) is 0.685. The first kappa shape index (κ1) is 9.19. The minimum atomic E-state index is 0.123. The Bertz CT molecular complexity index is 429. The Labute approximate surface area is 82.6 Å². The fourth-order valence-electron chi connectivity index (χ4n) is 1.92. The van der Waals surface area contributed by atoms with Crippen molar-refractivity contribution in [2.24, 2.45) is 5.41 Å². The van der Waals surface area contributed by atoms with Crippen LogP contribution < -0.4 is 4.60 Å². The van der Waals surface area contributed by atoms with Crippen LogP contribution in [0.15, 0.2) is 28.9 Å². The highest BCUT2D eigenvalue weighted by Gasteiger charge is 2.31. The van der Waals surface area contributed by atoms with Crippen molar-refractivity contribution in [1.29, 1.82) is 0 Å². The zero-order valence-corrected chi connectivity index (χ0v) is 8.49. The Morgan fingerprint density at radius 1 is 1.50 bits per heavy atom. The quantitative estimate of drug-likeness (QED) is 0.685. The number of rotatable bonds is 1. The van der Waals surface area contributed by atoms with Crippen LogP contribution in [0.4, 0.5) is 0 Å². The SMILES string of the molecule is CC1(C)CCC=C1c1ccc[n+](=O)o1. The zero-order valence-electron chi connectivity index (χ0n) is 8.49. The third-order valence-corrected chi connectivity index (χ3v) is 2.76. The monoisotopic (exact) mass is 192 g/mol. The van der Waals surface area contributed by atoms with Crippen molar-refractivity contribution >= 4 is 5.57 Å². The molecule has 0 saturated heterocycles. The molecule has 1 heterocycles. The van der Waals surface area contributed by atoms with Gasteiger partial charge in [0.2, 0.25) is 5.76 Å². The average Bonchev–Trinajstić information content (AvgIpc) is 2.45. The van der Waals surface area contributed by atoms with Crippen molar-refractivity contribution in [3.63, 3.8) is 0 Å². The summed E-state index contributed by atoms with van der Waals surface area (Å²) < 4.78 is 5.58. The molecule has 0 aliphatic heterocycles. The molecular weight excluding hydrogens is 178 g/mol. The lowest BCUT2D eigenvalue weighted by atomic mass is 9.84. The highest BCUT2D eigenvalue weighted by Crippen LogP contribution is 2.43. The second kappa shape index (κ2) is 3.08. The van der Waals surface area contributed by atoms with Crippen LogP contribution in [0.2, 0.25) is 0 Å². The minimum Gasteiger partial charge on any atom is -0.185 e. The van der Waals surface area contributed by atoms with Gasteiger partial charge in [0.25, 0.3) is 10.8 Å². The van der Waals surface area contributed by atoms with E-state index in [1.807, 2.05) is 6.07 Å². The summed E-state index contributed by atoms with van der Waals surface area (Å²) in [6.45, 7) is 4.34. The van der Waals surface area contributed by atoms with Crippen LogP contribution in [0.1, 0.15) is 32.4 Å². The number of nitrogens with zero attached hydrogens (tertiary/aromatic N) is 1. The summed E-state index contributed by atoms with van der Waals surface area (Å²) in [6, 6.07) is 3.55. The highest BCUT2D eigenvalue weighted by molar-refractivity contribution is 5.67. The summed E-state index contributed by atoms with van der Waals surface area (Å²) in [6.07, 6.45) is 5.68. The average molecular weight is 192 g/mol. The maximum Gasteiger partial charge on any atom is 0.282 e. The number of hydrogen-bond acceptors (Lipinski definition) is 2. The molecule has 0 atom stereocenters. The van der Waals surface area contributed by atoms with E-state index < -0.39 is 0 Å². The first-order valence-electron chi connectivity index (χ1n) is 4.83. The zero-order chi connectivity index (χ0) is 10.2. The molecule has 0 spiro atoms. The highest BCUT2D eigenvalue weighted by atomic mass is 16.6. The van der Waals surface area contributed by atoms with Crippen molar-refractivity contribution in [1.82, 2.24) is 0 Å². The molecule has 1 aromatic heterocycles. The molecule has 0 saturated carbocycles. The van der Waals surface area contributed by atoms with Gasteiger partial charge in [-0.25, -0.2) is 0 Å². The molecule has 0 radical (unpaired) electrons. The lowest BCUT2D eigenvalue weighted by molar-refractivity contribution is -0.708. The Morgan fingerprint density at radius 2 is 2.29 bits per heavy atom. The second-order valence-corrected chi connectivity index (χ2v) is 4.29. The second-order valence-electron chi connectivity index (χ2n) is 4.29. The number of allylic oxidation sites excluding steroid dienone is 2. The van der Waals surface area contributed by atoms with E-state index in [9.17, 15) is 4.91 Å². The minimum absolute atomic E-state index is 0.123. The van der Waals surface area contributed by atoms with Crippen molar-refractivity contribution in [2.75, 3.05) is 0 Å². The van der Waals surface area contributed by atoms with Crippen LogP contribution in [0.5, 0.6) is 0 Å². The van der Waals surface area contributed by atoms with Gasteiger partial charge in [0, 0.05) is 11.6 Å². The predicted octanol–water partition coefficient (Wildman–Crippen LogP) is 2.40. The molecule has 14 heavy (non-hydrogen) atoms. The van der Waals surface area contributed by atoms with E-state index in [1.54, 1.807) is 6.07 Å². The molecule has 1 aliphatic carbocycles. The fourth-order valence-corrected chi connectivity index (χ4v) is 1.92. The van der Waals surface area contributed by atoms with Crippen LogP contribution in [0.25, 0.3) is 5.57 Å². The van der Waals surface area contributed by atoms with Crippen molar-refractivity contribution in [3.05, 3.63) is 35.1 Å². The molecule has 1 aliphatic rings. The Morgan fingerprint density at radius 3 is 2.86 bits per heavy atom. The Hall–Kier alpha value is -1.38. The van der Waals surface area contributed by atoms with Gasteiger partial charge < -0.3 is 0 Å². The van der Waals surface area contributed by atoms with E-state index in [0.29, 0.717) is 10.4 Å². The van der Waals surface area contributed by atoms with Crippen LogP contribution in [0, 0.1) is 10.3 Å².